The molecule has 0 heterocycles. The van der Waals surface area contributed by atoms with Crippen LogP contribution in [0.15, 0.2) is 24.3 Å². The van der Waals surface area contributed by atoms with E-state index < -0.39 is 39.6 Å². The maximum absolute atomic E-state index is 12.0. The van der Waals surface area contributed by atoms with Crippen molar-refractivity contribution in [2.45, 2.75) is 13.0 Å². The fraction of sp³-hybridized carbons (Fsp3) is 0.250. The molecule has 0 bridgehead atoms. The van der Waals surface area contributed by atoms with Gasteiger partial charge in [0.1, 0.15) is 11.8 Å². The van der Waals surface area contributed by atoms with Crippen molar-refractivity contribution in [3.63, 3.8) is 0 Å². The summed E-state index contributed by atoms with van der Waals surface area (Å²) in [4.78, 5) is 34.3. The van der Waals surface area contributed by atoms with Crippen molar-refractivity contribution in [2.24, 2.45) is 0 Å². The molecule has 1 atom stereocenters. The molecule has 114 valence electrons. The third-order valence-electron chi connectivity index (χ3n) is 2.53. The number of rotatable bonds is 6. The second-order valence-electron chi connectivity index (χ2n) is 4.21. The van der Waals surface area contributed by atoms with Gasteiger partial charge in [-0.25, -0.2) is 4.79 Å². The third-order valence-corrected chi connectivity index (χ3v) is 3.29. The monoisotopic (exact) mass is 315 g/mol. The number of nitrogens with one attached hydrogen (secondary N) is 1. The van der Waals surface area contributed by atoms with Crippen molar-refractivity contribution in [2.75, 3.05) is 5.75 Å². The molecule has 1 rings (SSSR count). The van der Waals surface area contributed by atoms with Gasteiger partial charge in [-0.1, -0.05) is 18.2 Å². The van der Waals surface area contributed by atoms with E-state index in [0.29, 0.717) is 0 Å². The van der Waals surface area contributed by atoms with Gasteiger partial charge < -0.3 is 10.4 Å². The van der Waals surface area contributed by atoms with Crippen LogP contribution in [-0.4, -0.2) is 47.5 Å². The lowest BCUT2D eigenvalue weighted by molar-refractivity contribution is -0.138. The second-order valence-corrected chi connectivity index (χ2v) is 5.71. The van der Waals surface area contributed by atoms with Gasteiger partial charge in [0.15, 0.2) is 5.78 Å². The average Bonchev–Trinajstić information content (AvgIpc) is 2.36. The molecule has 1 amide bonds. The molecule has 0 aliphatic heterocycles. The van der Waals surface area contributed by atoms with Crippen LogP contribution in [0, 0.1) is 0 Å². The molecule has 0 radical (unpaired) electrons. The number of carboxylic acid groups (broad SMARTS) is 1. The fourth-order valence-electron chi connectivity index (χ4n) is 1.61. The Kier molecular flexibility index (Phi) is 5.17. The summed E-state index contributed by atoms with van der Waals surface area (Å²) in [6.07, 6.45) is 0. The van der Waals surface area contributed by atoms with Crippen LogP contribution in [0.3, 0.4) is 0 Å². The summed E-state index contributed by atoms with van der Waals surface area (Å²) in [5.41, 5.74) is -0.00224. The lowest BCUT2D eigenvalue weighted by Crippen LogP contribution is -2.45. The van der Waals surface area contributed by atoms with Crippen molar-refractivity contribution < 1.29 is 32.5 Å². The Balaban J connectivity index is 3.03. The number of carboxylic acids is 1. The van der Waals surface area contributed by atoms with E-state index in [1.54, 1.807) is 0 Å². The summed E-state index contributed by atoms with van der Waals surface area (Å²) >= 11 is 0. The molecule has 0 fully saturated rings. The summed E-state index contributed by atoms with van der Waals surface area (Å²) < 4.78 is 30.1. The van der Waals surface area contributed by atoms with Gasteiger partial charge in [-0.2, -0.15) is 8.42 Å². The standard InChI is InChI=1S/C12H13NO7S/c1-7(14)8-4-2-3-5-9(8)11(15)13-10(12(16)17)6-21(18,19)20/h2-5,10H,6H2,1H3,(H,13,15)(H,16,17)(H,18,19,20)/t10-/m0/s1. The zero-order valence-corrected chi connectivity index (χ0v) is 11.8. The van der Waals surface area contributed by atoms with E-state index in [2.05, 4.69) is 0 Å². The first-order valence-corrected chi connectivity index (χ1v) is 7.31. The molecule has 0 aliphatic rings. The van der Waals surface area contributed by atoms with E-state index in [9.17, 15) is 22.8 Å². The number of Topliss-reactive ketones (excluding diaryl/α,β-unsaturated/α-hetero) is 1. The van der Waals surface area contributed by atoms with Gasteiger partial charge in [-0.3, -0.25) is 14.1 Å². The minimum absolute atomic E-state index is 0.0750. The van der Waals surface area contributed by atoms with Crippen LogP contribution in [-0.2, 0) is 14.9 Å². The molecule has 1 aromatic carbocycles. The first-order valence-electron chi connectivity index (χ1n) is 5.70. The van der Waals surface area contributed by atoms with Crippen LogP contribution in [0.4, 0.5) is 0 Å². The van der Waals surface area contributed by atoms with Crippen molar-refractivity contribution in [3.05, 3.63) is 35.4 Å². The van der Waals surface area contributed by atoms with E-state index in [4.69, 9.17) is 9.66 Å². The minimum atomic E-state index is -4.59. The van der Waals surface area contributed by atoms with Crippen molar-refractivity contribution in [1.82, 2.24) is 5.32 Å². The molecule has 3 N–H and O–H groups in total. The molecule has 0 aliphatic carbocycles. The average molecular weight is 315 g/mol. The predicted octanol–water partition coefficient (Wildman–Crippen LogP) is -0.0400. The molecule has 9 heteroatoms. The molecule has 0 saturated carbocycles. The number of aliphatic carboxylic acids is 1. The Morgan fingerprint density at radius 2 is 1.71 bits per heavy atom. The highest BCUT2D eigenvalue weighted by molar-refractivity contribution is 7.85. The zero-order chi connectivity index (χ0) is 16.2. The van der Waals surface area contributed by atoms with E-state index in [1.165, 1.54) is 31.2 Å². The van der Waals surface area contributed by atoms with Crippen LogP contribution in [0.5, 0.6) is 0 Å². The molecular formula is C12H13NO7S. The Morgan fingerprint density at radius 3 is 2.14 bits per heavy atom. The number of ketones is 1. The lowest BCUT2D eigenvalue weighted by atomic mass is 10.0. The number of hydrogen-bond acceptors (Lipinski definition) is 5. The minimum Gasteiger partial charge on any atom is -0.480 e. The molecule has 21 heavy (non-hydrogen) atoms. The Morgan fingerprint density at radius 1 is 1.19 bits per heavy atom. The van der Waals surface area contributed by atoms with Gasteiger partial charge in [-0.05, 0) is 13.0 Å². The van der Waals surface area contributed by atoms with E-state index in [0.717, 1.165) is 0 Å². The topological polar surface area (TPSA) is 138 Å². The van der Waals surface area contributed by atoms with Crippen molar-refractivity contribution in [3.8, 4) is 0 Å². The lowest BCUT2D eigenvalue weighted by Gasteiger charge is -2.14. The van der Waals surface area contributed by atoms with Gasteiger partial charge >= 0.3 is 5.97 Å². The maximum Gasteiger partial charge on any atom is 0.327 e. The highest BCUT2D eigenvalue weighted by Gasteiger charge is 2.27. The van der Waals surface area contributed by atoms with E-state index in [1.807, 2.05) is 5.32 Å². The number of hydrogen-bond donors (Lipinski definition) is 3. The summed E-state index contributed by atoms with van der Waals surface area (Å²) in [6.45, 7) is 1.24. The third kappa shape index (κ3) is 4.97. The molecular weight excluding hydrogens is 302 g/mol. The molecule has 0 aromatic heterocycles. The number of carbonyl (C=O) groups excluding carboxylic acids is 2. The molecule has 0 unspecified atom stereocenters. The van der Waals surface area contributed by atoms with Gasteiger partial charge in [0.25, 0.3) is 16.0 Å². The normalized spacial score (nSPS) is 12.5. The quantitative estimate of drug-likeness (QED) is 0.494. The SMILES string of the molecule is CC(=O)c1ccccc1C(=O)N[C@@H](CS(=O)(=O)O)C(=O)O. The zero-order valence-electron chi connectivity index (χ0n) is 10.9. The number of amides is 1. The smallest absolute Gasteiger partial charge is 0.327 e. The number of carbonyl (C=O) groups is 3. The highest BCUT2D eigenvalue weighted by atomic mass is 32.2. The molecule has 1 aromatic rings. The Labute approximate surface area is 120 Å². The van der Waals surface area contributed by atoms with Crippen molar-refractivity contribution >= 4 is 27.8 Å². The van der Waals surface area contributed by atoms with Crippen LogP contribution < -0.4 is 5.32 Å². The largest absolute Gasteiger partial charge is 0.480 e. The van der Waals surface area contributed by atoms with Crippen LogP contribution >= 0.6 is 0 Å². The maximum atomic E-state index is 12.0. The van der Waals surface area contributed by atoms with Gasteiger partial charge in [-0.15, -0.1) is 0 Å². The first kappa shape index (κ1) is 16.8. The summed E-state index contributed by atoms with van der Waals surface area (Å²) in [5.74, 6) is -4.11. The van der Waals surface area contributed by atoms with E-state index in [-0.39, 0.29) is 11.1 Å². The Bertz CT molecular complexity index is 681. The van der Waals surface area contributed by atoms with Crippen LogP contribution in [0.1, 0.15) is 27.6 Å². The second kappa shape index (κ2) is 6.46. The predicted molar refractivity (Wildman–Crippen MR) is 71.8 cm³/mol. The van der Waals surface area contributed by atoms with E-state index >= 15 is 0 Å². The molecule has 0 saturated heterocycles. The van der Waals surface area contributed by atoms with Crippen molar-refractivity contribution in [1.29, 1.82) is 0 Å². The molecule has 8 nitrogen and oxygen atoms in total. The fourth-order valence-corrected chi connectivity index (χ4v) is 2.26. The first-order chi connectivity index (χ1) is 9.61. The van der Waals surface area contributed by atoms with Crippen LogP contribution in [0.25, 0.3) is 0 Å². The Hall–Kier alpha value is -2.26. The summed E-state index contributed by atoms with van der Waals surface area (Å²) in [6, 6.07) is 3.86. The van der Waals surface area contributed by atoms with Gasteiger partial charge in [0, 0.05) is 5.56 Å². The number of benzene rings is 1. The summed E-state index contributed by atoms with van der Waals surface area (Å²) in [7, 11) is -4.59. The highest BCUT2D eigenvalue weighted by Crippen LogP contribution is 2.10. The van der Waals surface area contributed by atoms with Crippen LogP contribution in [0.2, 0.25) is 0 Å². The van der Waals surface area contributed by atoms with Gasteiger partial charge in [0.2, 0.25) is 0 Å². The molecule has 0 spiro atoms. The van der Waals surface area contributed by atoms with Gasteiger partial charge in [0.05, 0.1) is 5.56 Å². The summed E-state index contributed by atoms with van der Waals surface area (Å²) in [5, 5.41) is 10.8.